The molecule has 0 aliphatic rings. The van der Waals surface area contributed by atoms with Crippen LogP contribution in [-0.2, 0) is 4.79 Å². The Morgan fingerprint density at radius 1 is 1.32 bits per heavy atom. The Kier molecular flexibility index (Phi) is 5.19. The molecule has 0 saturated carbocycles. The lowest BCUT2D eigenvalue weighted by atomic mass is 9.92. The number of anilines is 1. The van der Waals surface area contributed by atoms with Gasteiger partial charge in [-0.25, -0.2) is 4.98 Å². The summed E-state index contributed by atoms with van der Waals surface area (Å²) in [6, 6.07) is 7.79. The van der Waals surface area contributed by atoms with E-state index in [0.29, 0.717) is 18.2 Å². The number of carbonyl (C=O) groups excluding carboxylic acids is 1. The number of carbonyl (C=O) groups is 1. The second-order valence-corrected chi connectivity index (χ2v) is 7.11. The minimum Gasteiger partial charge on any atom is -0.493 e. The van der Waals surface area contributed by atoms with Gasteiger partial charge in [0.15, 0.2) is 5.13 Å². The molecule has 0 radical (unpaired) electrons. The van der Waals surface area contributed by atoms with E-state index in [1.54, 1.807) is 0 Å². The van der Waals surface area contributed by atoms with E-state index in [1.807, 2.05) is 57.3 Å². The van der Waals surface area contributed by atoms with Crippen molar-refractivity contribution in [3.05, 3.63) is 29.6 Å². The van der Waals surface area contributed by atoms with E-state index in [-0.39, 0.29) is 11.3 Å². The Hall–Kier alpha value is -1.88. The summed E-state index contributed by atoms with van der Waals surface area (Å²) < 4.78 is 5.62. The molecule has 5 heteroatoms. The van der Waals surface area contributed by atoms with Gasteiger partial charge in [0, 0.05) is 17.4 Å². The number of para-hydroxylation sites is 1. The molecule has 1 aromatic heterocycles. The van der Waals surface area contributed by atoms with Crippen molar-refractivity contribution in [2.75, 3.05) is 11.9 Å². The Labute approximate surface area is 135 Å². The number of aromatic nitrogens is 1. The van der Waals surface area contributed by atoms with Crippen LogP contribution in [0.4, 0.5) is 5.13 Å². The first kappa shape index (κ1) is 16.5. The molecule has 1 amide bonds. The molecule has 0 saturated heterocycles. The van der Waals surface area contributed by atoms with Crippen molar-refractivity contribution in [2.45, 2.75) is 34.1 Å². The Bertz CT molecular complexity index is 644. The average molecular weight is 318 g/mol. The van der Waals surface area contributed by atoms with Crippen molar-refractivity contribution in [1.29, 1.82) is 0 Å². The van der Waals surface area contributed by atoms with E-state index in [2.05, 4.69) is 10.3 Å². The zero-order valence-electron chi connectivity index (χ0n) is 13.5. The number of rotatable bonds is 5. The number of ether oxygens (including phenoxy) is 1. The van der Waals surface area contributed by atoms with Gasteiger partial charge in [0.1, 0.15) is 5.75 Å². The lowest BCUT2D eigenvalue weighted by molar-refractivity contribution is -0.117. The molecule has 0 unspecified atom stereocenters. The summed E-state index contributed by atoms with van der Waals surface area (Å²) in [5.74, 6) is 0.800. The summed E-state index contributed by atoms with van der Waals surface area (Å²) in [5, 5.41) is 5.42. The molecule has 0 aliphatic carbocycles. The monoisotopic (exact) mass is 318 g/mol. The third kappa shape index (κ3) is 4.56. The zero-order chi connectivity index (χ0) is 16.2. The Balaban J connectivity index is 2.13. The van der Waals surface area contributed by atoms with Gasteiger partial charge in [0.2, 0.25) is 5.91 Å². The molecular formula is C17H22N2O2S. The molecule has 118 valence electrons. The minimum absolute atomic E-state index is 0.00788. The maximum Gasteiger partial charge on any atom is 0.226 e. The molecule has 0 spiro atoms. The zero-order valence-corrected chi connectivity index (χ0v) is 14.3. The highest BCUT2D eigenvalue weighted by molar-refractivity contribution is 7.14. The predicted octanol–water partition coefficient (Wildman–Crippen LogP) is 4.58. The molecule has 22 heavy (non-hydrogen) atoms. The fraction of sp³-hybridized carbons (Fsp3) is 0.412. The van der Waals surface area contributed by atoms with Crippen LogP contribution in [0.15, 0.2) is 29.6 Å². The number of hydrogen-bond donors (Lipinski definition) is 1. The van der Waals surface area contributed by atoms with E-state index in [9.17, 15) is 4.79 Å². The molecule has 0 fully saturated rings. The number of nitrogens with one attached hydrogen (secondary N) is 1. The first-order chi connectivity index (χ1) is 10.4. The summed E-state index contributed by atoms with van der Waals surface area (Å²) in [5.41, 5.74) is 1.73. The fourth-order valence-electron chi connectivity index (χ4n) is 2.06. The van der Waals surface area contributed by atoms with Gasteiger partial charge in [0.25, 0.3) is 0 Å². The maximum absolute atomic E-state index is 12.0. The summed E-state index contributed by atoms with van der Waals surface area (Å²) in [6.07, 6.45) is 0.470. The predicted molar refractivity (Wildman–Crippen MR) is 91.4 cm³/mol. The van der Waals surface area contributed by atoms with Crippen LogP contribution >= 0.6 is 11.3 Å². The van der Waals surface area contributed by atoms with E-state index in [0.717, 1.165) is 17.0 Å². The van der Waals surface area contributed by atoms with Crippen LogP contribution in [-0.4, -0.2) is 17.5 Å². The van der Waals surface area contributed by atoms with Crippen molar-refractivity contribution in [1.82, 2.24) is 4.98 Å². The lowest BCUT2D eigenvalue weighted by Crippen LogP contribution is -2.19. The second kappa shape index (κ2) is 6.92. The summed E-state index contributed by atoms with van der Waals surface area (Å²) >= 11 is 1.43. The molecular weight excluding hydrogens is 296 g/mol. The lowest BCUT2D eigenvalue weighted by Gasteiger charge is -2.16. The second-order valence-electron chi connectivity index (χ2n) is 6.25. The van der Waals surface area contributed by atoms with Crippen molar-refractivity contribution in [2.24, 2.45) is 5.41 Å². The van der Waals surface area contributed by atoms with Crippen molar-refractivity contribution in [3.8, 4) is 17.0 Å². The van der Waals surface area contributed by atoms with Gasteiger partial charge in [-0.15, -0.1) is 11.3 Å². The largest absolute Gasteiger partial charge is 0.493 e. The highest BCUT2D eigenvalue weighted by Crippen LogP contribution is 2.32. The fourth-order valence-corrected chi connectivity index (χ4v) is 2.79. The number of hydrogen-bond acceptors (Lipinski definition) is 4. The van der Waals surface area contributed by atoms with Crippen molar-refractivity contribution in [3.63, 3.8) is 0 Å². The van der Waals surface area contributed by atoms with Crippen molar-refractivity contribution >= 4 is 22.4 Å². The molecule has 2 aromatic rings. The van der Waals surface area contributed by atoms with Gasteiger partial charge in [-0.1, -0.05) is 32.9 Å². The highest BCUT2D eigenvalue weighted by Gasteiger charge is 2.17. The quantitative estimate of drug-likeness (QED) is 0.877. The average Bonchev–Trinajstić information content (AvgIpc) is 2.85. The van der Waals surface area contributed by atoms with Gasteiger partial charge in [-0.2, -0.15) is 0 Å². The summed E-state index contributed by atoms with van der Waals surface area (Å²) in [4.78, 5) is 16.5. The Morgan fingerprint density at radius 2 is 2.05 bits per heavy atom. The van der Waals surface area contributed by atoms with Gasteiger partial charge < -0.3 is 10.1 Å². The number of nitrogens with zero attached hydrogens (tertiary/aromatic N) is 1. The van der Waals surface area contributed by atoms with Gasteiger partial charge in [-0.05, 0) is 24.5 Å². The number of benzene rings is 1. The smallest absolute Gasteiger partial charge is 0.226 e. The minimum atomic E-state index is -0.0360. The first-order valence-electron chi connectivity index (χ1n) is 7.36. The van der Waals surface area contributed by atoms with Crippen LogP contribution < -0.4 is 10.1 Å². The number of thiazole rings is 1. The van der Waals surface area contributed by atoms with Gasteiger partial charge in [-0.3, -0.25) is 4.79 Å². The first-order valence-corrected chi connectivity index (χ1v) is 8.24. The highest BCUT2D eigenvalue weighted by atomic mass is 32.1. The molecule has 0 bridgehead atoms. The number of amides is 1. The van der Waals surface area contributed by atoms with Gasteiger partial charge >= 0.3 is 0 Å². The topological polar surface area (TPSA) is 51.2 Å². The standard InChI is InChI=1S/C17H22N2O2S/c1-5-21-14-9-7-6-8-12(14)13-11-22-16(18-13)19-15(20)10-17(2,3)4/h6-9,11H,5,10H2,1-4H3,(H,18,19,20). The summed E-state index contributed by atoms with van der Waals surface area (Å²) in [6.45, 7) is 8.68. The van der Waals surface area contributed by atoms with Crippen LogP contribution in [0.25, 0.3) is 11.3 Å². The van der Waals surface area contributed by atoms with Crippen molar-refractivity contribution < 1.29 is 9.53 Å². The molecule has 1 heterocycles. The van der Waals surface area contributed by atoms with Crippen LogP contribution in [0.1, 0.15) is 34.1 Å². The van der Waals surface area contributed by atoms with Crippen LogP contribution in [0.3, 0.4) is 0 Å². The normalized spacial score (nSPS) is 11.3. The molecule has 0 aliphatic heterocycles. The molecule has 0 atom stereocenters. The van der Waals surface area contributed by atoms with Gasteiger partial charge in [0.05, 0.1) is 12.3 Å². The SMILES string of the molecule is CCOc1ccccc1-c1csc(NC(=O)CC(C)(C)C)n1. The van der Waals surface area contributed by atoms with E-state index < -0.39 is 0 Å². The van der Waals surface area contributed by atoms with Crippen LogP contribution in [0.2, 0.25) is 0 Å². The van der Waals surface area contributed by atoms with E-state index in [4.69, 9.17) is 4.74 Å². The molecule has 2 rings (SSSR count). The third-order valence-corrected chi connectivity index (χ3v) is 3.66. The third-order valence-electron chi connectivity index (χ3n) is 2.90. The molecule has 1 aromatic carbocycles. The molecule has 4 nitrogen and oxygen atoms in total. The summed E-state index contributed by atoms with van der Waals surface area (Å²) in [7, 11) is 0. The van der Waals surface area contributed by atoms with Crippen LogP contribution in [0.5, 0.6) is 5.75 Å². The van der Waals surface area contributed by atoms with E-state index in [1.165, 1.54) is 11.3 Å². The molecule has 1 N–H and O–H groups in total. The van der Waals surface area contributed by atoms with Crippen LogP contribution in [0, 0.1) is 5.41 Å². The van der Waals surface area contributed by atoms with E-state index >= 15 is 0 Å². The Morgan fingerprint density at radius 3 is 2.73 bits per heavy atom. The maximum atomic E-state index is 12.0.